The minimum absolute atomic E-state index is 0.0337. The van der Waals surface area contributed by atoms with Crippen molar-refractivity contribution >= 4 is 6.03 Å². The molecule has 0 unspecified atom stereocenters. The lowest BCUT2D eigenvalue weighted by atomic mass is 9.89. The molecule has 3 rings (SSSR count). The van der Waals surface area contributed by atoms with Crippen molar-refractivity contribution in [3.63, 3.8) is 0 Å². The van der Waals surface area contributed by atoms with E-state index < -0.39 is 0 Å². The Bertz CT molecular complexity index is 692. The normalized spacial score (nSPS) is 18.8. The molecule has 1 aliphatic heterocycles. The van der Waals surface area contributed by atoms with Gasteiger partial charge in [0.1, 0.15) is 17.3 Å². The number of urea groups is 1. The highest BCUT2D eigenvalue weighted by Crippen LogP contribution is 2.35. The Morgan fingerprint density at radius 1 is 1.25 bits per heavy atom. The van der Waals surface area contributed by atoms with Crippen molar-refractivity contribution < 1.29 is 19.4 Å². The molecular weight excluding hydrogens is 311 g/mol. The van der Waals surface area contributed by atoms with Crippen LogP contribution in [0, 0.1) is 6.42 Å². The van der Waals surface area contributed by atoms with E-state index in [4.69, 9.17) is 0 Å². The van der Waals surface area contributed by atoms with Crippen molar-refractivity contribution in [2.24, 2.45) is 0 Å². The average molecular weight is 331 g/mol. The highest BCUT2D eigenvalue weighted by atomic mass is 19.1. The lowest BCUT2D eigenvalue weighted by Gasteiger charge is -2.32. The molecule has 0 saturated carbocycles. The summed E-state index contributed by atoms with van der Waals surface area (Å²) in [4.78, 5) is 14.0. The molecule has 127 valence electrons. The highest BCUT2D eigenvalue weighted by molar-refractivity contribution is 5.77. The van der Waals surface area contributed by atoms with E-state index in [-0.39, 0.29) is 29.3 Å². The number of amides is 2. The Balaban J connectivity index is 1.56. The first kappa shape index (κ1) is 16.4. The summed E-state index contributed by atoms with van der Waals surface area (Å²) in [6.07, 6.45) is 6.45. The van der Waals surface area contributed by atoms with Gasteiger partial charge in [-0.2, -0.15) is 0 Å². The van der Waals surface area contributed by atoms with Crippen LogP contribution in [-0.2, 0) is 0 Å². The summed E-state index contributed by atoms with van der Waals surface area (Å²) in [5.41, 5.74) is 1.28. The van der Waals surface area contributed by atoms with Crippen molar-refractivity contribution in [3.05, 3.63) is 53.9 Å². The van der Waals surface area contributed by atoms with E-state index in [1.165, 1.54) is 18.2 Å². The van der Waals surface area contributed by atoms with Gasteiger partial charge in [-0.25, -0.2) is 9.18 Å². The number of hydrogen-bond acceptors (Lipinski definition) is 3. The number of piperidine rings is 1. The molecule has 1 aliphatic carbocycles. The van der Waals surface area contributed by atoms with Gasteiger partial charge in [0.05, 0.1) is 0 Å². The Hall–Kier alpha value is -2.50. The van der Waals surface area contributed by atoms with E-state index in [1.54, 1.807) is 23.5 Å². The topological polar surface area (TPSA) is 72.8 Å². The molecule has 5 nitrogen and oxygen atoms in total. The van der Waals surface area contributed by atoms with Crippen molar-refractivity contribution in [1.29, 1.82) is 0 Å². The molecule has 6 heteroatoms. The molecule has 0 aromatic heterocycles. The number of carbonyl (C=O) groups excluding carboxylic acids is 1. The quantitative estimate of drug-likeness (QED) is 0.778. The van der Waals surface area contributed by atoms with Crippen LogP contribution < -0.4 is 5.32 Å². The third-order valence-corrected chi connectivity index (χ3v) is 4.43. The fraction of sp³-hybridized carbons (Fsp3) is 0.333. The van der Waals surface area contributed by atoms with Crippen LogP contribution >= 0.6 is 0 Å². The van der Waals surface area contributed by atoms with Crippen LogP contribution in [0.15, 0.2) is 41.9 Å². The summed E-state index contributed by atoms with van der Waals surface area (Å²) in [6, 6.07) is 4.38. The molecule has 0 bridgehead atoms. The Morgan fingerprint density at radius 2 is 2.00 bits per heavy atom. The van der Waals surface area contributed by atoms with Crippen molar-refractivity contribution in [2.75, 3.05) is 13.1 Å². The van der Waals surface area contributed by atoms with Crippen LogP contribution in [0.2, 0.25) is 0 Å². The zero-order valence-corrected chi connectivity index (χ0v) is 13.2. The third-order valence-electron chi connectivity index (χ3n) is 4.43. The number of rotatable bonds is 2. The van der Waals surface area contributed by atoms with Gasteiger partial charge in [0.2, 0.25) is 0 Å². The number of nitrogens with one attached hydrogen (secondary N) is 1. The summed E-state index contributed by atoms with van der Waals surface area (Å²) >= 11 is 0. The number of benzene rings is 1. The number of hydrogen-bond donors (Lipinski definition) is 3. The first-order valence-corrected chi connectivity index (χ1v) is 8.01. The van der Waals surface area contributed by atoms with E-state index in [0.29, 0.717) is 25.2 Å². The van der Waals surface area contributed by atoms with Crippen LogP contribution in [0.1, 0.15) is 30.7 Å². The number of likely N-dealkylation sites (tertiary alicyclic amines) is 1. The molecule has 0 spiro atoms. The molecule has 0 atom stereocenters. The molecule has 1 saturated heterocycles. The summed E-state index contributed by atoms with van der Waals surface area (Å²) < 4.78 is 13.2. The summed E-state index contributed by atoms with van der Waals surface area (Å²) in [5.74, 6) is -0.0710. The molecule has 1 heterocycles. The van der Waals surface area contributed by atoms with Crippen molar-refractivity contribution in [2.45, 2.75) is 25.2 Å². The molecule has 1 aromatic carbocycles. The SMILES string of the molecule is O=C(NC1=CC(F)=CC[CH]1)N1CCC(c2ccc(O)cc2O)CC1. The molecule has 2 amide bonds. The summed E-state index contributed by atoms with van der Waals surface area (Å²) in [7, 11) is 0. The second-order valence-corrected chi connectivity index (χ2v) is 6.06. The molecule has 1 aromatic rings. The third kappa shape index (κ3) is 3.69. The van der Waals surface area contributed by atoms with Gasteiger partial charge in [-0.15, -0.1) is 0 Å². The maximum absolute atomic E-state index is 13.2. The zero-order valence-electron chi connectivity index (χ0n) is 13.2. The molecule has 24 heavy (non-hydrogen) atoms. The fourth-order valence-electron chi connectivity index (χ4n) is 3.13. The lowest BCUT2D eigenvalue weighted by Crippen LogP contribution is -2.44. The van der Waals surface area contributed by atoms with E-state index in [0.717, 1.165) is 18.4 Å². The lowest BCUT2D eigenvalue weighted by molar-refractivity contribution is 0.183. The summed E-state index contributed by atoms with van der Waals surface area (Å²) in [5, 5.41) is 22.0. The fourth-order valence-corrected chi connectivity index (χ4v) is 3.13. The predicted octanol–water partition coefficient (Wildman–Crippen LogP) is 3.33. The van der Waals surface area contributed by atoms with Gasteiger partial charge in [0.15, 0.2) is 0 Å². The number of phenols is 2. The van der Waals surface area contributed by atoms with Gasteiger partial charge in [0, 0.05) is 31.3 Å². The number of aromatic hydroxyl groups is 2. The largest absolute Gasteiger partial charge is 0.508 e. The monoisotopic (exact) mass is 331 g/mol. The summed E-state index contributed by atoms with van der Waals surface area (Å²) in [6.45, 7) is 1.12. The van der Waals surface area contributed by atoms with Crippen molar-refractivity contribution in [1.82, 2.24) is 10.2 Å². The second kappa shape index (κ2) is 6.95. The molecule has 1 radical (unpaired) electrons. The van der Waals surface area contributed by atoms with Crippen LogP contribution in [0.25, 0.3) is 0 Å². The molecule has 2 aliphatic rings. The maximum Gasteiger partial charge on any atom is 0.321 e. The van der Waals surface area contributed by atoms with E-state index in [9.17, 15) is 19.4 Å². The predicted molar refractivity (Wildman–Crippen MR) is 88.0 cm³/mol. The van der Waals surface area contributed by atoms with Gasteiger partial charge in [-0.3, -0.25) is 0 Å². The standard InChI is InChI=1S/C18H20FN2O3/c19-13-2-1-3-14(10-13)20-18(24)21-8-6-12(7-9-21)16-5-4-15(22)11-17(16)23/h2-5,10-12,22-23H,1,6-9H2,(H,20,24). The Labute approximate surface area is 140 Å². The van der Waals surface area contributed by atoms with Gasteiger partial charge in [0.25, 0.3) is 0 Å². The number of carbonyl (C=O) groups is 1. The first-order valence-electron chi connectivity index (χ1n) is 8.01. The zero-order chi connectivity index (χ0) is 17.1. The molecular formula is C18H20FN2O3. The van der Waals surface area contributed by atoms with Gasteiger partial charge < -0.3 is 20.4 Å². The maximum atomic E-state index is 13.2. The number of halogens is 1. The van der Waals surface area contributed by atoms with E-state index >= 15 is 0 Å². The van der Waals surface area contributed by atoms with Gasteiger partial charge >= 0.3 is 6.03 Å². The van der Waals surface area contributed by atoms with Crippen LogP contribution in [0.4, 0.5) is 9.18 Å². The van der Waals surface area contributed by atoms with Crippen molar-refractivity contribution in [3.8, 4) is 11.5 Å². The Kier molecular flexibility index (Phi) is 4.74. The van der Waals surface area contributed by atoms with Crippen LogP contribution in [-0.4, -0.2) is 34.2 Å². The number of nitrogens with zero attached hydrogens (tertiary/aromatic N) is 1. The van der Waals surface area contributed by atoms with Gasteiger partial charge in [-0.05, 0) is 49.0 Å². The second-order valence-electron chi connectivity index (χ2n) is 6.06. The minimum Gasteiger partial charge on any atom is -0.508 e. The smallest absolute Gasteiger partial charge is 0.321 e. The highest BCUT2D eigenvalue weighted by Gasteiger charge is 2.26. The van der Waals surface area contributed by atoms with Crippen LogP contribution in [0.3, 0.4) is 0 Å². The Morgan fingerprint density at radius 3 is 2.67 bits per heavy atom. The molecule has 1 fully saturated rings. The van der Waals surface area contributed by atoms with E-state index in [1.807, 2.05) is 0 Å². The molecule has 3 N–H and O–H groups in total. The minimum atomic E-state index is -0.339. The van der Waals surface area contributed by atoms with Crippen LogP contribution in [0.5, 0.6) is 11.5 Å². The van der Waals surface area contributed by atoms with Gasteiger partial charge in [-0.1, -0.05) is 6.07 Å². The number of phenolic OH excluding ortho intramolecular Hbond substituents is 2. The number of allylic oxidation sites excluding steroid dienone is 4. The van der Waals surface area contributed by atoms with E-state index in [2.05, 4.69) is 5.32 Å². The average Bonchev–Trinajstić information content (AvgIpc) is 2.55. The first-order chi connectivity index (χ1) is 11.5.